The summed E-state index contributed by atoms with van der Waals surface area (Å²) in [4.78, 5) is 0. The number of hydrogen-bond acceptors (Lipinski definition) is 1. The zero-order valence-corrected chi connectivity index (χ0v) is 8.38. The summed E-state index contributed by atoms with van der Waals surface area (Å²) in [5.74, 6) is 0.362. The Hall–Kier alpha value is -0.980. The van der Waals surface area contributed by atoms with Gasteiger partial charge in [0.1, 0.15) is 5.75 Å². The van der Waals surface area contributed by atoms with Crippen molar-refractivity contribution in [3.05, 3.63) is 36.8 Å². The van der Waals surface area contributed by atoms with Crippen molar-refractivity contribution >= 4 is 0 Å². The molecule has 1 heteroatoms. The van der Waals surface area contributed by atoms with Gasteiger partial charge in [-0.1, -0.05) is 32.0 Å². The van der Waals surface area contributed by atoms with Crippen molar-refractivity contribution < 1.29 is 5.11 Å². The Balaban J connectivity index is 3.12. The summed E-state index contributed by atoms with van der Waals surface area (Å²) in [5.41, 5.74) is 0.825. The second kappa shape index (κ2) is 3.82. The van der Waals surface area contributed by atoms with Crippen LogP contribution in [0.15, 0.2) is 24.3 Å². The molecule has 1 N–H and O–H groups in total. The lowest BCUT2D eigenvalue weighted by molar-refractivity contribution is 0.425. The molecule has 0 aromatic heterocycles. The van der Waals surface area contributed by atoms with Crippen LogP contribution in [0.1, 0.15) is 32.3 Å². The maximum Gasteiger partial charge on any atom is 0.119 e. The number of para-hydroxylation sites is 1. The first-order chi connectivity index (χ1) is 6.14. The molecule has 1 aromatic carbocycles. The van der Waals surface area contributed by atoms with Gasteiger partial charge in [0.2, 0.25) is 0 Å². The molecule has 13 heavy (non-hydrogen) atoms. The highest BCUT2D eigenvalue weighted by Gasteiger charge is 2.24. The summed E-state index contributed by atoms with van der Waals surface area (Å²) in [5, 5.41) is 9.67. The molecule has 0 aliphatic rings. The van der Waals surface area contributed by atoms with Crippen molar-refractivity contribution in [3.63, 3.8) is 0 Å². The molecule has 1 rings (SSSR count). The van der Waals surface area contributed by atoms with Crippen LogP contribution < -0.4 is 0 Å². The van der Waals surface area contributed by atoms with Crippen LogP contribution in [-0.2, 0) is 5.41 Å². The van der Waals surface area contributed by atoms with Gasteiger partial charge in [0, 0.05) is 5.56 Å². The van der Waals surface area contributed by atoms with E-state index in [4.69, 9.17) is 0 Å². The molecular formula is C12H17O. The molecule has 0 amide bonds. The van der Waals surface area contributed by atoms with E-state index in [9.17, 15) is 5.11 Å². The third-order valence-electron chi connectivity index (χ3n) is 2.83. The van der Waals surface area contributed by atoms with Crippen LogP contribution in [0.4, 0.5) is 0 Å². The molecule has 0 aliphatic heterocycles. The minimum atomic E-state index is -0.134. The van der Waals surface area contributed by atoms with Gasteiger partial charge in [0.05, 0.1) is 0 Å². The Morgan fingerprint density at radius 1 is 1.23 bits per heavy atom. The molecular weight excluding hydrogens is 160 g/mol. The lowest BCUT2D eigenvalue weighted by Crippen LogP contribution is -2.19. The van der Waals surface area contributed by atoms with Gasteiger partial charge in [0.25, 0.3) is 0 Å². The first-order valence-corrected chi connectivity index (χ1v) is 4.78. The van der Waals surface area contributed by atoms with Gasteiger partial charge in [-0.3, -0.25) is 0 Å². The number of phenols is 1. The minimum Gasteiger partial charge on any atom is -0.508 e. The molecule has 0 aliphatic carbocycles. The number of phenolic OH excluding ortho intramolecular Hbond substituents is 1. The van der Waals surface area contributed by atoms with E-state index in [1.807, 2.05) is 18.2 Å². The third kappa shape index (κ3) is 1.85. The quantitative estimate of drug-likeness (QED) is 0.751. The average Bonchev–Trinajstić information content (AvgIpc) is 2.17. The zero-order valence-electron chi connectivity index (χ0n) is 8.38. The fourth-order valence-electron chi connectivity index (χ4n) is 1.55. The second-order valence-corrected chi connectivity index (χ2v) is 3.50. The second-order valence-electron chi connectivity index (χ2n) is 3.50. The molecule has 0 saturated carbocycles. The Kier molecular flexibility index (Phi) is 2.97. The highest BCUT2D eigenvalue weighted by molar-refractivity contribution is 5.39. The molecule has 0 saturated heterocycles. The van der Waals surface area contributed by atoms with Gasteiger partial charge in [-0.2, -0.15) is 0 Å². The summed E-state index contributed by atoms with van der Waals surface area (Å²) in [7, 11) is 0. The van der Waals surface area contributed by atoms with Crippen molar-refractivity contribution in [3.8, 4) is 5.75 Å². The van der Waals surface area contributed by atoms with E-state index in [0.29, 0.717) is 5.75 Å². The Labute approximate surface area is 80.4 Å². The zero-order chi connectivity index (χ0) is 9.90. The van der Waals surface area contributed by atoms with Crippen LogP contribution in [0.3, 0.4) is 0 Å². The standard InChI is InChI=1S/C12H17O/c1-4-12(3,5-2)10-8-6-7-9-11(10)13/h6-9,13H,3-5H2,1-2H3. The minimum absolute atomic E-state index is 0.134. The van der Waals surface area contributed by atoms with Gasteiger partial charge in [-0.15, -0.1) is 0 Å². The molecule has 71 valence electrons. The van der Waals surface area contributed by atoms with E-state index in [0.717, 1.165) is 18.4 Å². The summed E-state index contributed by atoms with van der Waals surface area (Å²) in [6.45, 7) is 8.38. The molecule has 0 unspecified atom stereocenters. The summed E-state index contributed by atoms with van der Waals surface area (Å²) in [6, 6.07) is 7.46. The smallest absolute Gasteiger partial charge is 0.119 e. The molecule has 0 bridgehead atoms. The number of rotatable bonds is 3. The Bertz CT molecular complexity index is 274. The van der Waals surface area contributed by atoms with Crippen LogP contribution >= 0.6 is 0 Å². The molecule has 0 heterocycles. The average molecular weight is 177 g/mol. The van der Waals surface area contributed by atoms with Crippen LogP contribution in [0, 0.1) is 6.92 Å². The molecule has 0 atom stereocenters. The van der Waals surface area contributed by atoms with E-state index in [1.165, 1.54) is 0 Å². The summed E-state index contributed by atoms with van der Waals surface area (Å²) in [6.07, 6.45) is 1.89. The number of hydrogen-bond donors (Lipinski definition) is 1. The molecule has 1 aromatic rings. The molecule has 0 spiro atoms. The first kappa shape index (κ1) is 10.1. The lowest BCUT2D eigenvalue weighted by atomic mass is 9.77. The normalized spacial score (nSPS) is 11.6. The monoisotopic (exact) mass is 177 g/mol. The van der Waals surface area contributed by atoms with E-state index >= 15 is 0 Å². The predicted molar refractivity (Wildman–Crippen MR) is 55.7 cm³/mol. The maximum absolute atomic E-state index is 9.67. The fraction of sp³-hybridized carbons (Fsp3) is 0.417. The van der Waals surface area contributed by atoms with Crippen LogP contribution in [0.5, 0.6) is 5.75 Å². The predicted octanol–water partition coefficient (Wildman–Crippen LogP) is 3.28. The van der Waals surface area contributed by atoms with Crippen LogP contribution in [-0.4, -0.2) is 5.11 Å². The van der Waals surface area contributed by atoms with E-state index < -0.39 is 0 Å². The van der Waals surface area contributed by atoms with E-state index in [1.54, 1.807) is 6.07 Å². The van der Waals surface area contributed by atoms with E-state index in [-0.39, 0.29) is 5.41 Å². The number of aromatic hydroxyl groups is 1. The Morgan fingerprint density at radius 2 is 1.77 bits per heavy atom. The van der Waals surface area contributed by atoms with Crippen molar-refractivity contribution in [2.75, 3.05) is 0 Å². The van der Waals surface area contributed by atoms with E-state index in [2.05, 4.69) is 20.8 Å². The highest BCUT2D eigenvalue weighted by atomic mass is 16.3. The van der Waals surface area contributed by atoms with Crippen molar-refractivity contribution in [1.82, 2.24) is 0 Å². The summed E-state index contributed by atoms with van der Waals surface area (Å²) >= 11 is 0. The lowest BCUT2D eigenvalue weighted by Gasteiger charge is -2.27. The maximum atomic E-state index is 9.67. The SMILES string of the molecule is [CH2]C(CC)(CC)c1ccccc1O. The topological polar surface area (TPSA) is 20.2 Å². The van der Waals surface area contributed by atoms with Gasteiger partial charge in [-0.05, 0) is 31.2 Å². The molecule has 1 radical (unpaired) electrons. The summed E-state index contributed by atoms with van der Waals surface area (Å²) < 4.78 is 0. The van der Waals surface area contributed by atoms with Crippen LogP contribution in [0.25, 0.3) is 0 Å². The fourth-order valence-corrected chi connectivity index (χ4v) is 1.55. The van der Waals surface area contributed by atoms with Gasteiger partial charge < -0.3 is 5.11 Å². The van der Waals surface area contributed by atoms with Crippen molar-refractivity contribution in [2.45, 2.75) is 32.1 Å². The molecule has 0 fully saturated rings. The first-order valence-electron chi connectivity index (χ1n) is 4.78. The largest absolute Gasteiger partial charge is 0.508 e. The highest BCUT2D eigenvalue weighted by Crippen LogP contribution is 2.35. The van der Waals surface area contributed by atoms with Gasteiger partial charge in [-0.25, -0.2) is 0 Å². The third-order valence-corrected chi connectivity index (χ3v) is 2.83. The van der Waals surface area contributed by atoms with Gasteiger partial charge >= 0.3 is 0 Å². The number of benzene rings is 1. The van der Waals surface area contributed by atoms with Gasteiger partial charge in [0.15, 0.2) is 0 Å². The Morgan fingerprint density at radius 3 is 2.23 bits per heavy atom. The van der Waals surface area contributed by atoms with Crippen molar-refractivity contribution in [2.24, 2.45) is 0 Å². The van der Waals surface area contributed by atoms with Crippen LogP contribution in [0.2, 0.25) is 0 Å². The molecule has 1 nitrogen and oxygen atoms in total. The van der Waals surface area contributed by atoms with Crippen molar-refractivity contribution in [1.29, 1.82) is 0 Å².